The molecule has 0 spiro atoms. The second-order valence-corrected chi connectivity index (χ2v) is 6.69. The highest BCUT2D eigenvalue weighted by molar-refractivity contribution is 7.89. The second-order valence-electron chi connectivity index (χ2n) is 4.86. The average molecular weight is 319 g/mol. The van der Waals surface area contributed by atoms with Gasteiger partial charge in [-0.1, -0.05) is 13.8 Å². The average Bonchev–Trinajstić information content (AvgIpc) is 2.85. The highest BCUT2D eigenvalue weighted by Crippen LogP contribution is 2.25. The number of hydrogen-bond acceptors (Lipinski definition) is 5. The topological polar surface area (TPSA) is 95.5 Å². The van der Waals surface area contributed by atoms with Gasteiger partial charge in [0.25, 0.3) is 0 Å². The molecule has 0 aliphatic rings. The maximum absolute atomic E-state index is 13.0. The van der Waals surface area contributed by atoms with Crippen molar-refractivity contribution in [1.82, 2.24) is 14.5 Å². The molecule has 0 aliphatic heterocycles. The van der Waals surface area contributed by atoms with Gasteiger partial charge in [-0.05, 0) is 19.8 Å². The summed E-state index contributed by atoms with van der Waals surface area (Å²) in [4.78, 5) is 0.0769. The molecule has 1 rings (SSSR count). The van der Waals surface area contributed by atoms with Crippen LogP contribution in [0.15, 0.2) is 4.90 Å². The van der Waals surface area contributed by atoms with Crippen LogP contribution in [0.1, 0.15) is 38.1 Å². The fourth-order valence-electron chi connectivity index (χ4n) is 2.41. The lowest BCUT2D eigenvalue weighted by molar-refractivity contribution is 0.163. The lowest BCUT2D eigenvalue weighted by Crippen LogP contribution is -2.42. The van der Waals surface area contributed by atoms with Crippen LogP contribution >= 0.6 is 0 Å². The van der Waals surface area contributed by atoms with E-state index in [1.54, 1.807) is 14.0 Å². The molecule has 0 aliphatic carbocycles. The summed E-state index contributed by atoms with van der Waals surface area (Å²) in [6, 6.07) is -0.106. The van der Waals surface area contributed by atoms with E-state index in [0.717, 1.165) is 0 Å². The first kappa shape index (κ1) is 18.1. The Labute approximate surface area is 126 Å². The largest absolute Gasteiger partial charge is 0.390 e. The fourth-order valence-corrected chi connectivity index (χ4v) is 4.49. The Morgan fingerprint density at radius 3 is 2.48 bits per heavy atom. The zero-order valence-electron chi connectivity index (χ0n) is 13.1. The van der Waals surface area contributed by atoms with E-state index in [-0.39, 0.29) is 23.2 Å². The van der Waals surface area contributed by atoms with Crippen molar-refractivity contribution in [3.63, 3.8) is 0 Å². The Bertz CT molecular complexity index is 538. The number of H-pyrrole nitrogens is 1. The van der Waals surface area contributed by atoms with Gasteiger partial charge in [-0.2, -0.15) is 9.40 Å². The number of aromatic amines is 1. The lowest BCUT2D eigenvalue weighted by atomic mass is 10.2. The number of aliphatic hydroxyl groups is 1. The van der Waals surface area contributed by atoms with E-state index < -0.39 is 16.6 Å². The molecule has 8 heteroatoms. The van der Waals surface area contributed by atoms with Crippen LogP contribution in [0.4, 0.5) is 0 Å². The van der Waals surface area contributed by atoms with Gasteiger partial charge in [0.05, 0.1) is 18.9 Å². The summed E-state index contributed by atoms with van der Waals surface area (Å²) in [5.41, 5.74) is 0.591. The second kappa shape index (κ2) is 7.88. The van der Waals surface area contributed by atoms with Gasteiger partial charge in [-0.25, -0.2) is 8.42 Å². The Morgan fingerprint density at radius 2 is 2.00 bits per heavy atom. The normalized spacial score (nSPS) is 12.5. The van der Waals surface area contributed by atoms with Crippen LogP contribution in [0.5, 0.6) is 0 Å². The molecule has 21 heavy (non-hydrogen) atoms. The van der Waals surface area contributed by atoms with Gasteiger partial charge in [0.1, 0.15) is 10.6 Å². The lowest BCUT2D eigenvalue weighted by Gasteiger charge is -2.29. The molecular weight excluding hydrogens is 294 g/mol. The molecule has 0 fully saturated rings. The van der Waals surface area contributed by atoms with Gasteiger partial charge in [0.15, 0.2) is 0 Å². The fraction of sp³-hybridized carbons (Fsp3) is 0.769. The number of hydrogen-bond donors (Lipinski definition) is 2. The number of sulfonamides is 1. The first-order valence-electron chi connectivity index (χ1n) is 7.09. The monoisotopic (exact) mass is 319 g/mol. The smallest absolute Gasteiger partial charge is 0.247 e. The number of aryl methyl sites for hydroxylation is 1. The Balaban J connectivity index is 3.29. The summed E-state index contributed by atoms with van der Waals surface area (Å²) >= 11 is 0. The number of aliphatic hydroxyl groups excluding tert-OH is 1. The SMILES string of the molecule is CCC(CC)N(CCOC)S(=O)(=O)c1c(CO)n[nH]c1C. The molecular formula is C13H25N3O4S. The summed E-state index contributed by atoms with van der Waals surface area (Å²) in [7, 11) is -2.19. The Hall–Kier alpha value is -0.960. The van der Waals surface area contributed by atoms with Crippen LogP contribution < -0.4 is 0 Å². The zero-order valence-corrected chi connectivity index (χ0v) is 13.9. The molecule has 0 atom stereocenters. The number of methoxy groups -OCH3 is 1. The van der Waals surface area contributed by atoms with Crippen molar-refractivity contribution in [3.05, 3.63) is 11.4 Å². The van der Waals surface area contributed by atoms with E-state index in [2.05, 4.69) is 10.2 Å². The number of ether oxygens (including phenoxy) is 1. The molecule has 1 aromatic rings. The van der Waals surface area contributed by atoms with Gasteiger partial charge in [-0.15, -0.1) is 0 Å². The molecule has 0 aromatic carbocycles. The van der Waals surface area contributed by atoms with Crippen LogP contribution in [0.3, 0.4) is 0 Å². The van der Waals surface area contributed by atoms with E-state index in [4.69, 9.17) is 4.74 Å². The molecule has 1 heterocycles. The predicted molar refractivity (Wildman–Crippen MR) is 79.4 cm³/mol. The highest BCUT2D eigenvalue weighted by Gasteiger charge is 2.33. The van der Waals surface area contributed by atoms with Crippen LogP contribution in [-0.2, 0) is 21.4 Å². The van der Waals surface area contributed by atoms with E-state index in [0.29, 0.717) is 25.1 Å². The van der Waals surface area contributed by atoms with Crippen molar-refractivity contribution in [2.24, 2.45) is 0 Å². The summed E-state index contributed by atoms with van der Waals surface area (Å²) in [6.07, 6.45) is 1.43. The van der Waals surface area contributed by atoms with Crippen molar-refractivity contribution in [2.45, 2.75) is 51.2 Å². The molecule has 7 nitrogen and oxygen atoms in total. The number of aromatic nitrogens is 2. The molecule has 0 bridgehead atoms. The van der Waals surface area contributed by atoms with Crippen molar-refractivity contribution in [1.29, 1.82) is 0 Å². The molecule has 0 unspecified atom stereocenters. The minimum Gasteiger partial charge on any atom is -0.390 e. The van der Waals surface area contributed by atoms with E-state index in [1.807, 2.05) is 13.8 Å². The number of nitrogens with one attached hydrogen (secondary N) is 1. The van der Waals surface area contributed by atoms with Gasteiger partial charge in [-0.3, -0.25) is 5.10 Å². The molecule has 0 amide bonds. The maximum Gasteiger partial charge on any atom is 0.247 e. The van der Waals surface area contributed by atoms with Crippen molar-refractivity contribution < 1.29 is 18.3 Å². The summed E-state index contributed by atoms with van der Waals surface area (Å²) in [5.74, 6) is 0. The summed E-state index contributed by atoms with van der Waals surface area (Å²) in [6.45, 7) is 5.74. The highest BCUT2D eigenvalue weighted by atomic mass is 32.2. The maximum atomic E-state index is 13.0. The van der Waals surface area contributed by atoms with Crippen molar-refractivity contribution in [3.8, 4) is 0 Å². The van der Waals surface area contributed by atoms with Crippen molar-refractivity contribution in [2.75, 3.05) is 20.3 Å². The van der Waals surface area contributed by atoms with Gasteiger partial charge in [0, 0.05) is 19.7 Å². The predicted octanol–water partition coefficient (Wildman–Crippen LogP) is 1.04. The van der Waals surface area contributed by atoms with Crippen molar-refractivity contribution >= 4 is 10.0 Å². The molecule has 2 N–H and O–H groups in total. The Kier molecular flexibility index (Phi) is 6.79. The number of nitrogens with zero attached hydrogens (tertiary/aromatic N) is 2. The third-order valence-electron chi connectivity index (χ3n) is 3.54. The Morgan fingerprint density at radius 1 is 1.38 bits per heavy atom. The third kappa shape index (κ3) is 3.82. The molecule has 0 saturated heterocycles. The first-order chi connectivity index (χ1) is 9.93. The van der Waals surface area contributed by atoms with Crippen LogP contribution in [0, 0.1) is 6.92 Å². The third-order valence-corrected chi connectivity index (χ3v) is 5.70. The van der Waals surface area contributed by atoms with E-state index in [9.17, 15) is 13.5 Å². The standard InChI is InChI=1S/C13H25N3O4S/c1-5-11(6-2)16(7-8-20-4)21(18,19)13-10(3)14-15-12(13)9-17/h11,17H,5-9H2,1-4H3,(H,14,15). The summed E-state index contributed by atoms with van der Waals surface area (Å²) < 4.78 is 32.4. The van der Waals surface area contributed by atoms with Crippen LogP contribution in [0.2, 0.25) is 0 Å². The number of rotatable bonds is 9. The summed E-state index contributed by atoms with van der Waals surface area (Å²) in [5, 5.41) is 15.8. The minimum absolute atomic E-state index is 0.0769. The van der Waals surface area contributed by atoms with Gasteiger partial charge in [0.2, 0.25) is 10.0 Å². The van der Waals surface area contributed by atoms with Crippen LogP contribution in [-0.4, -0.2) is 54.3 Å². The minimum atomic E-state index is -3.73. The molecule has 122 valence electrons. The molecule has 1 aromatic heterocycles. The molecule has 0 radical (unpaired) electrons. The quantitative estimate of drug-likeness (QED) is 0.709. The zero-order chi connectivity index (χ0) is 16.0. The van der Waals surface area contributed by atoms with Gasteiger partial charge >= 0.3 is 0 Å². The van der Waals surface area contributed by atoms with E-state index in [1.165, 1.54) is 4.31 Å². The first-order valence-corrected chi connectivity index (χ1v) is 8.53. The van der Waals surface area contributed by atoms with Crippen LogP contribution in [0.25, 0.3) is 0 Å². The van der Waals surface area contributed by atoms with E-state index >= 15 is 0 Å². The molecule has 0 saturated carbocycles. The van der Waals surface area contributed by atoms with Gasteiger partial charge < -0.3 is 9.84 Å².